The molecule has 0 amide bonds. The number of aliphatic hydroxyl groups is 1. The summed E-state index contributed by atoms with van der Waals surface area (Å²) in [6, 6.07) is 2.21. The number of benzene rings is 1. The first kappa shape index (κ1) is 11.0. The number of ether oxygens (including phenoxy) is 1. The Balaban J connectivity index is 3.24. The first-order valence-electron chi connectivity index (χ1n) is 3.93. The predicted octanol–water partition coefficient (Wildman–Crippen LogP) is -0.994. The molecule has 0 aliphatic carbocycles. The lowest BCUT2D eigenvalue weighted by molar-refractivity contribution is 0.267. The zero-order valence-corrected chi connectivity index (χ0v) is 7.57. The highest BCUT2D eigenvalue weighted by atomic mass is 19.1. The third kappa shape index (κ3) is 2.04. The molecular weight excluding hydrogens is 190 g/mol. The summed E-state index contributed by atoms with van der Waals surface area (Å²) in [7, 11) is -0.451. The fraction of sp³-hybridized carbons (Fsp3) is 0.250. The van der Waals surface area contributed by atoms with Crippen LogP contribution in [0.25, 0.3) is 0 Å². The van der Waals surface area contributed by atoms with E-state index >= 15 is 0 Å². The number of methoxy groups -OCH3 is 1. The maximum absolute atomic E-state index is 13.2. The van der Waals surface area contributed by atoms with Gasteiger partial charge in [-0.3, -0.25) is 0 Å². The van der Waals surface area contributed by atoms with E-state index in [1.165, 1.54) is 13.2 Å². The van der Waals surface area contributed by atoms with Crippen molar-refractivity contribution in [3.05, 3.63) is 23.5 Å². The topological polar surface area (TPSA) is 69.9 Å². The first-order valence-corrected chi connectivity index (χ1v) is 3.93. The minimum absolute atomic E-state index is 0.00287. The standard InChI is InChI=1S/C8H10BFO4/c1-14-8-3-5(9(12)13)2-7(10)6(8)4-11/h2-3,11-13H,4H2,1H3. The molecule has 3 N–H and O–H groups in total. The van der Waals surface area contributed by atoms with E-state index in [2.05, 4.69) is 0 Å². The van der Waals surface area contributed by atoms with Crippen molar-refractivity contribution >= 4 is 12.6 Å². The summed E-state index contributed by atoms with van der Waals surface area (Å²) in [5, 5.41) is 26.4. The minimum atomic E-state index is -1.76. The molecule has 0 saturated heterocycles. The molecule has 6 heteroatoms. The number of rotatable bonds is 3. The second kappa shape index (κ2) is 4.41. The third-order valence-corrected chi connectivity index (χ3v) is 1.85. The van der Waals surface area contributed by atoms with Crippen LogP contribution < -0.4 is 10.2 Å². The number of hydrogen-bond acceptors (Lipinski definition) is 4. The Bertz CT molecular complexity index is 329. The van der Waals surface area contributed by atoms with Gasteiger partial charge in [0.15, 0.2) is 0 Å². The molecule has 0 unspecified atom stereocenters. The molecule has 0 saturated carbocycles. The highest BCUT2D eigenvalue weighted by Gasteiger charge is 2.17. The van der Waals surface area contributed by atoms with Gasteiger partial charge in [-0.2, -0.15) is 0 Å². The Morgan fingerprint density at radius 2 is 2.07 bits per heavy atom. The van der Waals surface area contributed by atoms with Gasteiger partial charge in [0, 0.05) is 0 Å². The highest BCUT2D eigenvalue weighted by Crippen LogP contribution is 2.19. The van der Waals surface area contributed by atoms with Gasteiger partial charge >= 0.3 is 7.12 Å². The fourth-order valence-corrected chi connectivity index (χ4v) is 1.12. The molecule has 0 spiro atoms. The van der Waals surface area contributed by atoms with Crippen molar-refractivity contribution < 1.29 is 24.3 Å². The first-order chi connectivity index (χ1) is 6.60. The van der Waals surface area contributed by atoms with Crippen LogP contribution in [-0.2, 0) is 6.61 Å². The quantitative estimate of drug-likeness (QED) is 0.547. The van der Waals surface area contributed by atoms with Crippen molar-refractivity contribution in [2.24, 2.45) is 0 Å². The lowest BCUT2D eigenvalue weighted by atomic mass is 9.79. The molecule has 1 aromatic carbocycles. The summed E-state index contributed by atoms with van der Waals surface area (Å²) >= 11 is 0. The van der Waals surface area contributed by atoms with Crippen molar-refractivity contribution in [3.8, 4) is 5.75 Å². The summed E-state index contributed by atoms with van der Waals surface area (Å²) < 4.78 is 18.0. The molecule has 0 bridgehead atoms. The van der Waals surface area contributed by atoms with Gasteiger partial charge in [0.1, 0.15) is 11.6 Å². The summed E-state index contributed by atoms with van der Waals surface area (Å²) in [5.74, 6) is -0.634. The number of aliphatic hydroxyl groups excluding tert-OH is 1. The van der Waals surface area contributed by atoms with Crippen LogP contribution in [0.1, 0.15) is 5.56 Å². The number of halogens is 1. The maximum Gasteiger partial charge on any atom is 0.488 e. The molecular formula is C8H10BFO4. The van der Waals surface area contributed by atoms with Crippen molar-refractivity contribution in [3.63, 3.8) is 0 Å². The normalized spacial score (nSPS) is 10.1. The van der Waals surface area contributed by atoms with E-state index < -0.39 is 19.5 Å². The van der Waals surface area contributed by atoms with Crippen molar-refractivity contribution in [2.75, 3.05) is 7.11 Å². The Morgan fingerprint density at radius 1 is 1.43 bits per heavy atom. The van der Waals surface area contributed by atoms with Crippen LogP contribution in [0.2, 0.25) is 0 Å². The summed E-state index contributed by atoms with van der Waals surface area (Å²) in [4.78, 5) is 0. The Hall–Kier alpha value is -1.11. The van der Waals surface area contributed by atoms with Crippen LogP contribution >= 0.6 is 0 Å². The number of hydrogen-bond donors (Lipinski definition) is 3. The fourth-order valence-electron chi connectivity index (χ4n) is 1.12. The van der Waals surface area contributed by atoms with Crippen LogP contribution in [0.4, 0.5) is 4.39 Å². The smallest absolute Gasteiger partial charge is 0.488 e. The lowest BCUT2D eigenvalue weighted by Crippen LogP contribution is -2.30. The monoisotopic (exact) mass is 200 g/mol. The van der Waals surface area contributed by atoms with E-state index in [1.54, 1.807) is 0 Å². The van der Waals surface area contributed by atoms with E-state index in [0.717, 1.165) is 6.07 Å². The van der Waals surface area contributed by atoms with E-state index in [4.69, 9.17) is 19.9 Å². The molecule has 4 nitrogen and oxygen atoms in total. The molecule has 0 heterocycles. The summed E-state index contributed by atoms with van der Waals surface area (Å²) in [5.41, 5.74) is -0.0200. The van der Waals surface area contributed by atoms with Gasteiger partial charge in [0.2, 0.25) is 0 Å². The molecule has 0 aliphatic heterocycles. The van der Waals surface area contributed by atoms with E-state index in [1.807, 2.05) is 0 Å². The van der Waals surface area contributed by atoms with Crippen LogP contribution in [0.15, 0.2) is 12.1 Å². The van der Waals surface area contributed by atoms with Crippen molar-refractivity contribution in [1.29, 1.82) is 0 Å². The Labute approximate surface area is 80.7 Å². The minimum Gasteiger partial charge on any atom is -0.496 e. The zero-order valence-electron chi connectivity index (χ0n) is 7.57. The zero-order chi connectivity index (χ0) is 10.7. The van der Waals surface area contributed by atoms with Crippen LogP contribution in [0, 0.1) is 5.82 Å². The van der Waals surface area contributed by atoms with Crippen LogP contribution in [0.3, 0.4) is 0 Å². The lowest BCUT2D eigenvalue weighted by Gasteiger charge is -2.09. The summed E-state index contributed by atoms with van der Waals surface area (Å²) in [6.45, 7) is -0.503. The molecule has 14 heavy (non-hydrogen) atoms. The highest BCUT2D eigenvalue weighted by molar-refractivity contribution is 6.58. The van der Waals surface area contributed by atoms with Gasteiger partial charge in [-0.25, -0.2) is 4.39 Å². The average Bonchev–Trinajstić information content (AvgIpc) is 2.16. The van der Waals surface area contributed by atoms with Gasteiger partial charge in [-0.1, -0.05) is 0 Å². The Kier molecular flexibility index (Phi) is 3.46. The molecule has 0 atom stereocenters. The average molecular weight is 200 g/mol. The predicted molar refractivity (Wildman–Crippen MR) is 48.7 cm³/mol. The Morgan fingerprint density at radius 3 is 2.50 bits per heavy atom. The van der Waals surface area contributed by atoms with Gasteiger partial charge in [-0.05, 0) is 17.6 Å². The van der Waals surface area contributed by atoms with Crippen molar-refractivity contribution in [2.45, 2.75) is 6.61 Å². The van der Waals surface area contributed by atoms with Crippen LogP contribution in [-0.4, -0.2) is 29.4 Å². The van der Waals surface area contributed by atoms with Gasteiger partial charge in [0.05, 0.1) is 19.3 Å². The third-order valence-electron chi connectivity index (χ3n) is 1.85. The van der Waals surface area contributed by atoms with Gasteiger partial charge < -0.3 is 19.9 Å². The largest absolute Gasteiger partial charge is 0.496 e. The van der Waals surface area contributed by atoms with E-state index in [-0.39, 0.29) is 16.8 Å². The molecule has 0 fully saturated rings. The molecule has 0 radical (unpaired) electrons. The van der Waals surface area contributed by atoms with Gasteiger partial charge in [-0.15, -0.1) is 0 Å². The second-order valence-electron chi connectivity index (χ2n) is 2.72. The molecule has 1 rings (SSSR count). The second-order valence-corrected chi connectivity index (χ2v) is 2.72. The van der Waals surface area contributed by atoms with E-state index in [9.17, 15) is 4.39 Å². The molecule has 0 aromatic heterocycles. The molecule has 1 aromatic rings. The van der Waals surface area contributed by atoms with Crippen LogP contribution in [0.5, 0.6) is 5.75 Å². The van der Waals surface area contributed by atoms with Gasteiger partial charge in [0.25, 0.3) is 0 Å². The SMILES string of the molecule is COc1cc(B(O)O)cc(F)c1CO. The van der Waals surface area contributed by atoms with Crippen molar-refractivity contribution in [1.82, 2.24) is 0 Å². The summed E-state index contributed by atoms with van der Waals surface area (Å²) in [6.07, 6.45) is 0. The maximum atomic E-state index is 13.2. The molecule has 0 aliphatic rings. The van der Waals surface area contributed by atoms with E-state index in [0.29, 0.717) is 0 Å². The molecule has 76 valence electrons.